The van der Waals surface area contributed by atoms with Crippen molar-refractivity contribution in [1.29, 1.82) is 0 Å². The van der Waals surface area contributed by atoms with E-state index in [0.717, 1.165) is 24.5 Å². The zero-order valence-electron chi connectivity index (χ0n) is 8.10. The standard InChI is InChI=1S/C10H13N3O/c1-13-6-5-12-10(13)8-3-2-4-9(7-8)14-11/h2-4,7H,5-6,11H2,1H3. The number of amidine groups is 1. The van der Waals surface area contributed by atoms with Crippen molar-refractivity contribution in [2.45, 2.75) is 0 Å². The first-order chi connectivity index (χ1) is 6.81. The second-order valence-electron chi connectivity index (χ2n) is 3.27. The van der Waals surface area contributed by atoms with Crippen LogP contribution >= 0.6 is 0 Å². The van der Waals surface area contributed by atoms with Crippen molar-refractivity contribution in [2.75, 3.05) is 20.1 Å². The van der Waals surface area contributed by atoms with E-state index < -0.39 is 0 Å². The smallest absolute Gasteiger partial charge is 0.147 e. The summed E-state index contributed by atoms with van der Waals surface area (Å²) in [5.41, 5.74) is 1.05. The van der Waals surface area contributed by atoms with Crippen molar-refractivity contribution in [3.8, 4) is 5.75 Å². The van der Waals surface area contributed by atoms with Crippen molar-refractivity contribution in [3.63, 3.8) is 0 Å². The van der Waals surface area contributed by atoms with Gasteiger partial charge in [0.1, 0.15) is 11.6 Å². The summed E-state index contributed by atoms with van der Waals surface area (Å²) in [6.45, 7) is 1.84. The molecule has 0 saturated heterocycles. The minimum atomic E-state index is 0.658. The van der Waals surface area contributed by atoms with Gasteiger partial charge in [-0.3, -0.25) is 4.99 Å². The molecule has 1 aromatic carbocycles. The van der Waals surface area contributed by atoms with Crippen molar-refractivity contribution in [2.24, 2.45) is 10.9 Å². The first-order valence-electron chi connectivity index (χ1n) is 4.54. The van der Waals surface area contributed by atoms with E-state index in [2.05, 4.69) is 14.7 Å². The summed E-state index contributed by atoms with van der Waals surface area (Å²) < 4.78 is 0. The number of hydrogen-bond donors (Lipinski definition) is 1. The van der Waals surface area contributed by atoms with Crippen LogP contribution in [0.15, 0.2) is 29.3 Å². The molecule has 74 valence electrons. The SMILES string of the molecule is CN1CCN=C1c1cccc(ON)c1. The second-order valence-corrected chi connectivity index (χ2v) is 3.27. The van der Waals surface area contributed by atoms with Crippen molar-refractivity contribution >= 4 is 5.84 Å². The van der Waals surface area contributed by atoms with Crippen LogP contribution in [-0.2, 0) is 0 Å². The average molecular weight is 191 g/mol. The molecule has 2 rings (SSSR count). The molecule has 4 heteroatoms. The maximum atomic E-state index is 5.10. The zero-order valence-corrected chi connectivity index (χ0v) is 8.10. The summed E-state index contributed by atoms with van der Waals surface area (Å²) in [7, 11) is 2.03. The van der Waals surface area contributed by atoms with Crippen molar-refractivity contribution < 1.29 is 4.84 Å². The fraction of sp³-hybridized carbons (Fsp3) is 0.300. The van der Waals surface area contributed by atoms with Gasteiger partial charge in [0.05, 0.1) is 6.54 Å². The van der Waals surface area contributed by atoms with E-state index in [-0.39, 0.29) is 0 Å². The molecular weight excluding hydrogens is 178 g/mol. The molecule has 0 atom stereocenters. The second kappa shape index (κ2) is 3.67. The fourth-order valence-corrected chi connectivity index (χ4v) is 1.55. The molecule has 1 aliphatic rings. The Balaban J connectivity index is 2.32. The summed E-state index contributed by atoms with van der Waals surface area (Å²) >= 11 is 0. The highest BCUT2D eigenvalue weighted by Crippen LogP contribution is 2.15. The van der Waals surface area contributed by atoms with Gasteiger partial charge in [-0.15, -0.1) is 0 Å². The van der Waals surface area contributed by atoms with E-state index >= 15 is 0 Å². The third-order valence-electron chi connectivity index (χ3n) is 2.29. The van der Waals surface area contributed by atoms with E-state index in [1.807, 2.05) is 31.3 Å². The number of aliphatic imine (C=N–C) groups is 1. The first-order valence-corrected chi connectivity index (χ1v) is 4.54. The molecule has 0 radical (unpaired) electrons. The van der Waals surface area contributed by atoms with Crippen LogP contribution in [0.1, 0.15) is 5.56 Å². The highest BCUT2D eigenvalue weighted by atomic mass is 16.6. The summed E-state index contributed by atoms with van der Waals surface area (Å²) in [4.78, 5) is 11.2. The number of hydrogen-bond acceptors (Lipinski definition) is 4. The van der Waals surface area contributed by atoms with Gasteiger partial charge in [0.15, 0.2) is 0 Å². The Bertz CT molecular complexity index is 362. The molecule has 0 aromatic heterocycles. The molecule has 0 aliphatic carbocycles. The molecule has 1 aromatic rings. The maximum absolute atomic E-state index is 5.10. The van der Waals surface area contributed by atoms with Crippen LogP contribution in [-0.4, -0.2) is 30.9 Å². The van der Waals surface area contributed by atoms with Crippen LogP contribution in [0, 0.1) is 0 Å². The minimum Gasteiger partial charge on any atom is -0.412 e. The molecule has 2 N–H and O–H groups in total. The van der Waals surface area contributed by atoms with E-state index in [1.54, 1.807) is 0 Å². The molecule has 1 heterocycles. The molecule has 0 saturated carbocycles. The highest BCUT2D eigenvalue weighted by molar-refractivity contribution is 5.99. The zero-order chi connectivity index (χ0) is 9.97. The Labute approximate surface area is 82.9 Å². The van der Waals surface area contributed by atoms with Crippen LogP contribution < -0.4 is 10.7 Å². The molecule has 0 spiro atoms. The highest BCUT2D eigenvalue weighted by Gasteiger charge is 2.14. The van der Waals surface area contributed by atoms with Gasteiger partial charge in [-0.2, -0.15) is 5.90 Å². The Hall–Kier alpha value is -1.55. The molecular formula is C10H13N3O. The van der Waals surface area contributed by atoms with Crippen LogP contribution in [0.5, 0.6) is 5.75 Å². The topological polar surface area (TPSA) is 50.8 Å². The van der Waals surface area contributed by atoms with Crippen LogP contribution in [0.3, 0.4) is 0 Å². The lowest BCUT2D eigenvalue weighted by molar-refractivity contribution is 0.334. The Morgan fingerprint density at radius 2 is 2.36 bits per heavy atom. The lowest BCUT2D eigenvalue weighted by Crippen LogP contribution is -2.23. The van der Waals surface area contributed by atoms with Gasteiger partial charge in [0, 0.05) is 19.2 Å². The predicted molar refractivity (Wildman–Crippen MR) is 55.3 cm³/mol. The molecule has 0 fully saturated rings. The van der Waals surface area contributed by atoms with E-state index in [0.29, 0.717) is 5.75 Å². The summed E-state index contributed by atoms with van der Waals surface area (Å²) in [5.74, 6) is 6.76. The van der Waals surface area contributed by atoms with Crippen LogP contribution in [0.25, 0.3) is 0 Å². The maximum Gasteiger partial charge on any atom is 0.147 e. The quantitative estimate of drug-likeness (QED) is 0.697. The van der Waals surface area contributed by atoms with E-state index in [4.69, 9.17) is 5.90 Å². The summed E-state index contributed by atoms with van der Waals surface area (Å²) in [6, 6.07) is 7.62. The van der Waals surface area contributed by atoms with Crippen molar-refractivity contribution in [3.05, 3.63) is 29.8 Å². The van der Waals surface area contributed by atoms with Gasteiger partial charge in [0.2, 0.25) is 0 Å². The molecule has 4 nitrogen and oxygen atoms in total. The number of benzene rings is 1. The van der Waals surface area contributed by atoms with Gasteiger partial charge < -0.3 is 9.74 Å². The van der Waals surface area contributed by atoms with Gasteiger partial charge in [-0.05, 0) is 12.1 Å². The normalized spacial score (nSPS) is 15.6. The lowest BCUT2D eigenvalue weighted by Gasteiger charge is -2.13. The Kier molecular flexibility index (Phi) is 2.37. The monoisotopic (exact) mass is 191 g/mol. The number of nitrogens with zero attached hydrogens (tertiary/aromatic N) is 2. The van der Waals surface area contributed by atoms with Gasteiger partial charge in [-0.1, -0.05) is 12.1 Å². The summed E-state index contributed by atoms with van der Waals surface area (Å²) in [6.07, 6.45) is 0. The molecule has 0 bridgehead atoms. The van der Waals surface area contributed by atoms with Gasteiger partial charge in [0.25, 0.3) is 0 Å². The molecule has 0 amide bonds. The average Bonchev–Trinajstić information content (AvgIpc) is 2.65. The predicted octanol–water partition coefficient (Wildman–Crippen LogP) is 0.631. The first kappa shape index (κ1) is 9.02. The van der Waals surface area contributed by atoms with Gasteiger partial charge >= 0.3 is 0 Å². The van der Waals surface area contributed by atoms with E-state index in [1.165, 1.54) is 0 Å². The van der Waals surface area contributed by atoms with Crippen LogP contribution in [0.4, 0.5) is 0 Å². The van der Waals surface area contributed by atoms with Gasteiger partial charge in [-0.25, -0.2) is 0 Å². The summed E-state index contributed by atoms with van der Waals surface area (Å²) in [5, 5.41) is 0. The lowest BCUT2D eigenvalue weighted by atomic mass is 10.2. The number of likely N-dealkylation sites (N-methyl/N-ethyl adjacent to an activating group) is 1. The molecule has 14 heavy (non-hydrogen) atoms. The Morgan fingerprint density at radius 1 is 1.50 bits per heavy atom. The molecule has 0 unspecified atom stereocenters. The minimum absolute atomic E-state index is 0.658. The van der Waals surface area contributed by atoms with Crippen LogP contribution in [0.2, 0.25) is 0 Å². The molecule has 1 aliphatic heterocycles. The Morgan fingerprint density at radius 3 is 3.00 bits per heavy atom. The third-order valence-corrected chi connectivity index (χ3v) is 2.29. The van der Waals surface area contributed by atoms with E-state index in [9.17, 15) is 0 Å². The number of rotatable bonds is 2. The van der Waals surface area contributed by atoms with Crippen molar-refractivity contribution in [1.82, 2.24) is 4.90 Å². The largest absolute Gasteiger partial charge is 0.412 e. The fourth-order valence-electron chi connectivity index (χ4n) is 1.55. The third kappa shape index (κ3) is 1.56. The number of nitrogens with two attached hydrogens (primary N) is 1.